The summed E-state index contributed by atoms with van der Waals surface area (Å²) in [6, 6.07) is 7.95. The van der Waals surface area contributed by atoms with Crippen LogP contribution in [-0.2, 0) is 11.2 Å². The largest absolute Gasteiger partial charge is 0.343 e. The van der Waals surface area contributed by atoms with E-state index in [2.05, 4.69) is 6.07 Å². The van der Waals surface area contributed by atoms with Crippen molar-refractivity contribution in [1.82, 2.24) is 4.90 Å². The third-order valence-corrected chi connectivity index (χ3v) is 5.07. The Hall–Kier alpha value is -1.64. The Morgan fingerprint density at radius 2 is 1.91 bits per heavy atom. The molecule has 22 heavy (non-hydrogen) atoms. The van der Waals surface area contributed by atoms with Crippen molar-refractivity contribution in [3.8, 4) is 0 Å². The van der Waals surface area contributed by atoms with Crippen LogP contribution in [0.25, 0.3) is 0 Å². The van der Waals surface area contributed by atoms with Crippen molar-refractivity contribution < 1.29 is 9.59 Å². The molecule has 1 atom stereocenters. The monoisotopic (exact) mass is 299 g/mol. The number of nitrogens with zero attached hydrogens (tertiary/aromatic N) is 1. The van der Waals surface area contributed by atoms with Crippen LogP contribution < -0.4 is 0 Å². The highest BCUT2D eigenvalue weighted by Crippen LogP contribution is 2.28. The quantitative estimate of drug-likeness (QED) is 0.851. The molecule has 2 aliphatic rings. The van der Waals surface area contributed by atoms with Crippen molar-refractivity contribution in [2.75, 3.05) is 13.1 Å². The number of likely N-dealkylation sites (tertiary alicyclic amines) is 1. The van der Waals surface area contributed by atoms with Gasteiger partial charge < -0.3 is 4.90 Å². The highest BCUT2D eigenvalue weighted by Gasteiger charge is 2.27. The van der Waals surface area contributed by atoms with Gasteiger partial charge in [0.25, 0.3) is 0 Å². The Labute approximate surface area is 132 Å². The molecule has 1 amide bonds. The van der Waals surface area contributed by atoms with Crippen molar-refractivity contribution in [1.29, 1.82) is 0 Å². The minimum Gasteiger partial charge on any atom is -0.343 e. The summed E-state index contributed by atoms with van der Waals surface area (Å²) in [7, 11) is 0. The molecule has 1 heterocycles. The molecule has 1 fully saturated rings. The molecule has 1 aliphatic heterocycles. The maximum atomic E-state index is 12.5. The predicted molar refractivity (Wildman–Crippen MR) is 86.9 cm³/mol. The van der Waals surface area contributed by atoms with Crippen molar-refractivity contribution in [3.05, 3.63) is 35.4 Å². The molecule has 3 heteroatoms. The minimum absolute atomic E-state index is 0.115. The van der Waals surface area contributed by atoms with Crippen LogP contribution in [0.15, 0.2) is 24.3 Å². The van der Waals surface area contributed by atoms with Crippen LogP contribution in [0, 0.1) is 5.92 Å². The Balaban J connectivity index is 1.48. The molecule has 1 aromatic rings. The molecule has 1 unspecified atom stereocenters. The van der Waals surface area contributed by atoms with E-state index in [4.69, 9.17) is 0 Å². The summed E-state index contributed by atoms with van der Waals surface area (Å²) in [5.41, 5.74) is 2.09. The summed E-state index contributed by atoms with van der Waals surface area (Å²) in [6.07, 6.45) is 7.76. The van der Waals surface area contributed by atoms with Gasteiger partial charge in [0.15, 0.2) is 5.78 Å². The summed E-state index contributed by atoms with van der Waals surface area (Å²) in [4.78, 5) is 26.7. The van der Waals surface area contributed by atoms with Crippen LogP contribution in [0.1, 0.15) is 60.9 Å². The zero-order chi connectivity index (χ0) is 15.4. The van der Waals surface area contributed by atoms with Crippen LogP contribution in [0.4, 0.5) is 0 Å². The first-order chi connectivity index (χ1) is 10.8. The number of hydrogen-bond acceptors (Lipinski definition) is 2. The van der Waals surface area contributed by atoms with Gasteiger partial charge in [-0.15, -0.1) is 0 Å². The van der Waals surface area contributed by atoms with Gasteiger partial charge in [-0.2, -0.15) is 0 Å². The Bertz CT molecular complexity index is 546. The van der Waals surface area contributed by atoms with Crippen molar-refractivity contribution in [3.63, 3.8) is 0 Å². The molecule has 3 nitrogen and oxygen atoms in total. The SMILES string of the molecule is O=C1c2ccccc2CCC1CCCC(=O)N1CCCCC1. The van der Waals surface area contributed by atoms with E-state index >= 15 is 0 Å². The lowest BCUT2D eigenvalue weighted by atomic mass is 9.80. The number of benzene rings is 1. The molecule has 0 aromatic heterocycles. The van der Waals surface area contributed by atoms with Gasteiger partial charge in [0, 0.05) is 31.0 Å². The van der Waals surface area contributed by atoms with E-state index in [1.54, 1.807) is 0 Å². The lowest BCUT2D eigenvalue weighted by molar-refractivity contribution is -0.132. The van der Waals surface area contributed by atoms with Crippen molar-refractivity contribution >= 4 is 11.7 Å². The maximum Gasteiger partial charge on any atom is 0.222 e. The van der Waals surface area contributed by atoms with Crippen molar-refractivity contribution in [2.24, 2.45) is 5.92 Å². The predicted octanol–water partition coefficient (Wildman–Crippen LogP) is 3.61. The number of ketones is 1. The number of piperidine rings is 1. The van der Waals surface area contributed by atoms with Gasteiger partial charge in [-0.05, 0) is 50.5 Å². The van der Waals surface area contributed by atoms with E-state index in [1.165, 1.54) is 12.0 Å². The van der Waals surface area contributed by atoms with Crippen LogP contribution in [0.2, 0.25) is 0 Å². The zero-order valence-electron chi connectivity index (χ0n) is 13.2. The number of carbonyl (C=O) groups is 2. The van der Waals surface area contributed by atoms with Gasteiger partial charge >= 0.3 is 0 Å². The maximum absolute atomic E-state index is 12.5. The highest BCUT2D eigenvalue weighted by molar-refractivity contribution is 6.00. The lowest BCUT2D eigenvalue weighted by Crippen LogP contribution is -2.35. The molecule has 3 rings (SSSR count). The fourth-order valence-electron chi connectivity index (χ4n) is 3.74. The van der Waals surface area contributed by atoms with Crippen LogP contribution in [0.3, 0.4) is 0 Å². The highest BCUT2D eigenvalue weighted by atomic mass is 16.2. The molecular formula is C19H25NO2. The number of Topliss-reactive ketones (excluding diaryl/α,β-unsaturated/α-hetero) is 1. The van der Waals surface area contributed by atoms with Gasteiger partial charge in [0.2, 0.25) is 5.91 Å². The summed E-state index contributed by atoms with van der Waals surface area (Å²) in [6.45, 7) is 1.85. The number of aryl methyl sites for hydroxylation is 1. The topological polar surface area (TPSA) is 37.4 Å². The molecule has 0 N–H and O–H groups in total. The first-order valence-corrected chi connectivity index (χ1v) is 8.65. The van der Waals surface area contributed by atoms with Crippen LogP contribution in [-0.4, -0.2) is 29.7 Å². The van der Waals surface area contributed by atoms with E-state index in [9.17, 15) is 9.59 Å². The first kappa shape index (κ1) is 15.3. The van der Waals surface area contributed by atoms with Crippen LogP contribution >= 0.6 is 0 Å². The average Bonchev–Trinajstić information content (AvgIpc) is 2.58. The van der Waals surface area contributed by atoms with Gasteiger partial charge in [-0.1, -0.05) is 24.3 Å². The smallest absolute Gasteiger partial charge is 0.222 e. The number of rotatable bonds is 4. The second-order valence-corrected chi connectivity index (χ2v) is 6.59. The van der Waals surface area contributed by atoms with Gasteiger partial charge in [-0.3, -0.25) is 9.59 Å². The second kappa shape index (κ2) is 7.08. The molecule has 0 spiro atoms. The summed E-state index contributed by atoms with van der Waals surface area (Å²) >= 11 is 0. The zero-order valence-corrected chi connectivity index (χ0v) is 13.2. The normalized spacial score (nSPS) is 21.5. The standard InChI is InChI=1S/C19H25NO2/c21-18(20-13-4-1-5-14-20)10-6-8-16-12-11-15-7-2-3-9-17(15)19(16)22/h2-3,7,9,16H,1,4-6,8,10-14H2. The van der Waals surface area contributed by atoms with Gasteiger partial charge in [0.05, 0.1) is 0 Å². The molecular weight excluding hydrogens is 274 g/mol. The summed E-state index contributed by atoms with van der Waals surface area (Å²) < 4.78 is 0. The Kier molecular flexibility index (Phi) is 4.91. The summed E-state index contributed by atoms with van der Waals surface area (Å²) in [5.74, 6) is 0.680. The number of fused-ring (bicyclic) bond motifs is 1. The van der Waals surface area contributed by atoms with Crippen molar-refractivity contribution in [2.45, 2.75) is 51.4 Å². The van der Waals surface area contributed by atoms with Gasteiger partial charge in [0.1, 0.15) is 0 Å². The van der Waals surface area contributed by atoms with Gasteiger partial charge in [-0.25, -0.2) is 0 Å². The minimum atomic E-state index is 0.115. The number of carbonyl (C=O) groups excluding carboxylic acids is 2. The molecule has 118 valence electrons. The second-order valence-electron chi connectivity index (χ2n) is 6.59. The first-order valence-electron chi connectivity index (χ1n) is 8.65. The lowest BCUT2D eigenvalue weighted by Gasteiger charge is -2.27. The molecule has 0 saturated carbocycles. The third-order valence-electron chi connectivity index (χ3n) is 5.07. The number of amides is 1. The van der Waals surface area contributed by atoms with E-state index in [-0.39, 0.29) is 17.6 Å². The molecule has 1 aliphatic carbocycles. The van der Waals surface area contributed by atoms with E-state index < -0.39 is 0 Å². The fourth-order valence-corrected chi connectivity index (χ4v) is 3.74. The Morgan fingerprint density at radius 1 is 1.14 bits per heavy atom. The molecule has 0 bridgehead atoms. The van der Waals surface area contributed by atoms with E-state index in [0.717, 1.165) is 57.2 Å². The molecule has 0 radical (unpaired) electrons. The summed E-state index contributed by atoms with van der Waals surface area (Å²) in [5, 5.41) is 0. The van der Waals surface area contributed by atoms with E-state index in [1.807, 2.05) is 23.1 Å². The Morgan fingerprint density at radius 3 is 2.73 bits per heavy atom. The molecule has 1 aromatic carbocycles. The van der Waals surface area contributed by atoms with Crippen LogP contribution in [0.5, 0.6) is 0 Å². The van der Waals surface area contributed by atoms with E-state index in [0.29, 0.717) is 6.42 Å². The number of hydrogen-bond donors (Lipinski definition) is 0. The third kappa shape index (κ3) is 3.40. The average molecular weight is 299 g/mol. The fraction of sp³-hybridized carbons (Fsp3) is 0.579. The molecule has 1 saturated heterocycles.